The summed E-state index contributed by atoms with van der Waals surface area (Å²) in [5, 5.41) is 5.73. The predicted octanol–water partition coefficient (Wildman–Crippen LogP) is 2.59. The van der Waals surface area contributed by atoms with Crippen molar-refractivity contribution < 1.29 is 23.8 Å². The first-order chi connectivity index (χ1) is 14.1. The number of carbonyl (C=O) groups is 2. The van der Waals surface area contributed by atoms with Crippen LogP contribution in [0.1, 0.15) is 22.3 Å². The lowest BCUT2D eigenvalue weighted by atomic mass is 10.1. The molecule has 1 atom stereocenters. The van der Waals surface area contributed by atoms with E-state index in [1.165, 1.54) is 0 Å². The molecule has 154 valence electrons. The minimum absolute atomic E-state index is 0.208. The summed E-state index contributed by atoms with van der Waals surface area (Å²) in [5.74, 6) is 2.27. The lowest BCUT2D eigenvalue weighted by Crippen LogP contribution is -2.46. The van der Waals surface area contributed by atoms with Gasteiger partial charge < -0.3 is 24.8 Å². The van der Waals surface area contributed by atoms with Gasteiger partial charge in [-0.1, -0.05) is 6.07 Å². The van der Waals surface area contributed by atoms with Gasteiger partial charge in [-0.15, -0.1) is 0 Å². The van der Waals surface area contributed by atoms with Crippen LogP contribution in [-0.2, 0) is 11.3 Å². The second kappa shape index (κ2) is 10.1. The van der Waals surface area contributed by atoms with Gasteiger partial charge in [0.05, 0.1) is 7.11 Å². The summed E-state index contributed by atoms with van der Waals surface area (Å²) in [6.07, 6.45) is 2.50. The van der Waals surface area contributed by atoms with Crippen LogP contribution in [0.4, 0.5) is 0 Å². The number of amides is 2. The zero-order valence-electron chi connectivity index (χ0n) is 16.4. The number of methoxy groups -OCH3 is 1. The Hall–Kier alpha value is -2.87. The van der Waals surface area contributed by atoms with E-state index in [-0.39, 0.29) is 18.6 Å². The fourth-order valence-electron chi connectivity index (χ4n) is 2.85. The maximum absolute atomic E-state index is 12.7. The Morgan fingerprint density at radius 3 is 2.62 bits per heavy atom. The smallest absolute Gasteiger partial charge is 0.251 e. The van der Waals surface area contributed by atoms with Crippen molar-refractivity contribution in [1.29, 1.82) is 0 Å². The molecule has 0 radical (unpaired) electrons. The highest BCUT2D eigenvalue weighted by atomic mass is 32.2. The fraction of sp³-hybridized carbons (Fsp3) is 0.333. The number of nitrogens with one attached hydrogen (secondary N) is 2. The maximum Gasteiger partial charge on any atom is 0.251 e. The molecule has 1 aliphatic heterocycles. The molecule has 2 N–H and O–H groups in total. The lowest BCUT2D eigenvalue weighted by molar-refractivity contribution is -0.123. The summed E-state index contributed by atoms with van der Waals surface area (Å²) >= 11 is 1.62. The standard InChI is InChI=1S/C21H24N2O5S/c1-26-16-6-4-15(5-7-16)20(24)23-17(9-10-29-2)21(25)22-12-14-3-8-18-19(11-14)28-13-27-18/h3-8,11,17H,9-10,12-13H2,1-2H3,(H,22,25)(H,23,24)/t17-/m0/s1. The third-order valence-electron chi connectivity index (χ3n) is 4.49. The van der Waals surface area contributed by atoms with E-state index >= 15 is 0 Å². The van der Waals surface area contributed by atoms with E-state index in [4.69, 9.17) is 14.2 Å². The van der Waals surface area contributed by atoms with E-state index < -0.39 is 6.04 Å². The molecule has 1 aliphatic rings. The van der Waals surface area contributed by atoms with Crippen LogP contribution in [-0.4, -0.2) is 43.8 Å². The van der Waals surface area contributed by atoms with Crippen LogP contribution in [0.25, 0.3) is 0 Å². The molecule has 7 nitrogen and oxygen atoms in total. The van der Waals surface area contributed by atoms with Gasteiger partial charge in [0, 0.05) is 12.1 Å². The molecule has 0 spiro atoms. The quantitative estimate of drug-likeness (QED) is 0.654. The van der Waals surface area contributed by atoms with Crippen LogP contribution < -0.4 is 24.8 Å². The molecule has 3 rings (SSSR count). The summed E-state index contributed by atoms with van der Waals surface area (Å²) in [5.41, 5.74) is 1.37. The Labute approximate surface area is 174 Å². The number of hydrogen-bond acceptors (Lipinski definition) is 6. The molecule has 0 saturated heterocycles. The van der Waals surface area contributed by atoms with Crippen molar-refractivity contribution in [2.75, 3.05) is 25.9 Å². The van der Waals surface area contributed by atoms with E-state index in [1.807, 2.05) is 24.5 Å². The fourth-order valence-corrected chi connectivity index (χ4v) is 3.32. The topological polar surface area (TPSA) is 85.9 Å². The number of thioether (sulfide) groups is 1. The van der Waals surface area contributed by atoms with Crippen molar-refractivity contribution in [3.05, 3.63) is 53.6 Å². The SMILES string of the molecule is COc1ccc(C(=O)N[C@@H](CCSC)C(=O)NCc2ccc3c(c2)OCO3)cc1. The number of carbonyl (C=O) groups excluding carboxylic acids is 2. The van der Waals surface area contributed by atoms with Gasteiger partial charge in [-0.05, 0) is 60.4 Å². The minimum atomic E-state index is -0.619. The van der Waals surface area contributed by atoms with Gasteiger partial charge in [0.25, 0.3) is 5.91 Å². The highest BCUT2D eigenvalue weighted by molar-refractivity contribution is 7.98. The first kappa shape index (κ1) is 20.9. The van der Waals surface area contributed by atoms with Crippen LogP contribution >= 0.6 is 11.8 Å². The summed E-state index contributed by atoms with van der Waals surface area (Å²) in [6, 6.07) is 11.7. The Morgan fingerprint density at radius 1 is 1.14 bits per heavy atom. The molecule has 29 heavy (non-hydrogen) atoms. The van der Waals surface area contributed by atoms with Gasteiger partial charge in [-0.25, -0.2) is 0 Å². The molecule has 0 unspecified atom stereocenters. The third kappa shape index (κ3) is 5.57. The number of fused-ring (bicyclic) bond motifs is 1. The molecular weight excluding hydrogens is 392 g/mol. The molecule has 0 bridgehead atoms. The monoisotopic (exact) mass is 416 g/mol. The predicted molar refractivity (Wildman–Crippen MR) is 112 cm³/mol. The Balaban J connectivity index is 1.60. The van der Waals surface area contributed by atoms with Gasteiger partial charge in [0.15, 0.2) is 11.5 Å². The van der Waals surface area contributed by atoms with Gasteiger partial charge >= 0.3 is 0 Å². The highest BCUT2D eigenvalue weighted by Crippen LogP contribution is 2.32. The molecular formula is C21H24N2O5S. The number of hydrogen-bond donors (Lipinski definition) is 2. The van der Waals surface area contributed by atoms with Gasteiger partial charge in [0.2, 0.25) is 12.7 Å². The van der Waals surface area contributed by atoms with E-state index in [9.17, 15) is 9.59 Å². The van der Waals surface area contributed by atoms with E-state index in [0.29, 0.717) is 35.8 Å². The first-order valence-corrected chi connectivity index (χ1v) is 10.6. The highest BCUT2D eigenvalue weighted by Gasteiger charge is 2.21. The van der Waals surface area contributed by atoms with Crippen molar-refractivity contribution in [2.24, 2.45) is 0 Å². The second-order valence-electron chi connectivity index (χ2n) is 6.44. The Morgan fingerprint density at radius 2 is 1.90 bits per heavy atom. The molecule has 2 amide bonds. The van der Waals surface area contributed by atoms with Gasteiger partial charge in [-0.2, -0.15) is 11.8 Å². The van der Waals surface area contributed by atoms with Crippen LogP contribution in [0.3, 0.4) is 0 Å². The summed E-state index contributed by atoms with van der Waals surface area (Å²) < 4.78 is 15.8. The third-order valence-corrected chi connectivity index (χ3v) is 5.13. The van der Waals surface area contributed by atoms with Crippen molar-refractivity contribution in [2.45, 2.75) is 19.0 Å². The van der Waals surface area contributed by atoms with Crippen LogP contribution in [0, 0.1) is 0 Å². The van der Waals surface area contributed by atoms with Crippen molar-refractivity contribution in [1.82, 2.24) is 10.6 Å². The average Bonchev–Trinajstić information content (AvgIpc) is 3.22. The molecule has 2 aromatic carbocycles. The normalized spacial score (nSPS) is 12.9. The molecule has 0 fully saturated rings. The Bertz CT molecular complexity index is 857. The molecule has 8 heteroatoms. The summed E-state index contributed by atoms with van der Waals surface area (Å²) in [4.78, 5) is 25.3. The number of rotatable bonds is 9. The minimum Gasteiger partial charge on any atom is -0.497 e. The molecule has 1 heterocycles. The zero-order chi connectivity index (χ0) is 20.6. The Kier molecular flexibility index (Phi) is 7.24. The lowest BCUT2D eigenvalue weighted by Gasteiger charge is -2.18. The average molecular weight is 416 g/mol. The largest absolute Gasteiger partial charge is 0.497 e. The summed E-state index contributed by atoms with van der Waals surface area (Å²) in [7, 11) is 1.57. The van der Waals surface area contributed by atoms with Crippen molar-refractivity contribution in [3.8, 4) is 17.2 Å². The van der Waals surface area contributed by atoms with Crippen LogP contribution in [0.15, 0.2) is 42.5 Å². The molecule has 0 aromatic heterocycles. The number of benzene rings is 2. The van der Waals surface area contributed by atoms with E-state index in [2.05, 4.69) is 10.6 Å². The van der Waals surface area contributed by atoms with E-state index in [0.717, 1.165) is 11.3 Å². The van der Waals surface area contributed by atoms with Crippen LogP contribution in [0.5, 0.6) is 17.2 Å². The van der Waals surface area contributed by atoms with Gasteiger partial charge in [-0.3, -0.25) is 9.59 Å². The molecule has 0 saturated carbocycles. The molecule has 0 aliphatic carbocycles. The van der Waals surface area contributed by atoms with Crippen molar-refractivity contribution >= 4 is 23.6 Å². The summed E-state index contributed by atoms with van der Waals surface area (Å²) in [6.45, 7) is 0.545. The zero-order valence-corrected chi connectivity index (χ0v) is 17.2. The van der Waals surface area contributed by atoms with E-state index in [1.54, 1.807) is 43.1 Å². The van der Waals surface area contributed by atoms with Crippen molar-refractivity contribution in [3.63, 3.8) is 0 Å². The van der Waals surface area contributed by atoms with Gasteiger partial charge in [0.1, 0.15) is 11.8 Å². The second-order valence-corrected chi connectivity index (χ2v) is 7.43. The van der Waals surface area contributed by atoms with Crippen LogP contribution in [0.2, 0.25) is 0 Å². The first-order valence-electron chi connectivity index (χ1n) is 9.21. The number of ether oxygens (including phenoxy) is 3. The maximum atomic E-state index is 12.7. The molecule has 2 aromatic rings.